The van der Waals surface area contributed by atoms with Crippen LogP contribution in [0.1, 0.15) is 17.3 Å². The number of hydrogen-bond acceptors (Lipinski definition) is 3. The molecule has 2 rings (SSSR count). The standard InChI is InChI=1S/C15H16ClN3O/c1-2-18-15(20)10-3-8-14(13(17)9-10)19-12-6-4-11(16)5-7-12/h3-9,19H,2,17H2,1H3,(H,18,20). The van der Waals surface area contributed by atoms with Crippen LogP contribution in [-0.4, -0.2) is 12.5 Å². The molecule has 0 aliphatic heterocycles. The van der Waals surface area contributed by atoms with Crippen molar-refractivity contribution in [2.45, 2.75) is 6.92 Å². The van der Waals surface area contributed by atoms with Crippen LogP contribution in [0.4, 0.5) is 17.1 Å². The number of hydrogen-bond donors (Lipinski definition) is 3. The molecule has 0 bridgehead atoms. The van der Waals surface area contributed by atoms with Crippen molar-refractivity contribution in [3.8, 4) is 0 Å². The molecule has 0 spiro atoms. The first-order valence-electron chi connectivity index (χ1n) is 6.30. The summed E-state index contributed by atoms with van der Waals surface area (Å²) in [7, 11) is 0. The highest BCUT2D eigenvalue weighted by Gasteiger charge is 2.07. The molecule has 0 aliphatic rings. The van der Waals surface area contributed by atoms with Gasteiger partial charge in [-0.2, -0.15) is 0 Å². The van der Waals surface area contributed by atoms with Crippen molar-refractivity contribution >= 4 is 34.6 Å². The third-order valence-corrected chi connectivity index (χ3v) is 3.03. The molecule has 20 heavy (non-hydrogen) atoms. The van der Waals surface area contributed by atoms with E-state index in [0.29, 0.717) is 22.8 Å². The van der Waals surface area contributed by atoms with Crippen LogP contribution in [0.15, 0.2) is 42.5 Å². The Morgan fingerprint density at radius 1 is 1.20 bits per heavy atom. The Hall–Kier alpha value is -2.20. The summed E-state index contributed by atoms with van der Waals surface area (Å²) < 4.78 is 0. The first kappa shape index (κ1) is 14.2. The van der Waals surface area contributed by atoms with Gasteiger partial charge in [0.15, 0.2) is 0 Å². The first-order valence-corrected chi connectivity index (χ1v) is 6.68. The Bertz CT molecular complexity index is 611. The zero-order chi connectivity index (χ0) is 14.5. The average molecular weight is 290 g/mol. The lowest BCUT2D eigenvalue weighted by Gasteiger charge is -2.11. The lowest BCUT2D eigenvalue weighted by molar-refractivity contribution is 0.0956. The molecule has 2 aromatic rings. The van der Waals surface area contributed by atoms with E-state index in [4.69, 9.17) is 17.3 Å². The molecule has 0 saturated carbocycles. The van der Waals surface area contributed by atoms with Crippen molar-refractivity contribution in [3.05, 3.63) is 53.1 Å². The van der Waals surface area contributed by atoms with Crippen LogP contribution < -0.4 is 16.4 Å². The number of halogens is 1. The largest absolute Gasteiger partial charge is 0.397 e. The van der Waals surface area contributed by atoms with Gasteiger partial charge in [-0.05, 0) is 49.4 Å². The van der Waals surface area contributed by atoms with E-state index in [0.717, 1.165) is 11.4 Å². The van der Waals surface area contributed by atoms with Crippen LogP contribution in [0, 0.1) is 0 Å². The number of rotatable bonds is 4. The van der Waals surface area contributed by atoms with Crippen LogP contribution >= 0.6 is 11.6 Å². The summed E-state index contributed by atoms with van der Waals surface area (Å²) in [5, 5.41) is 6.59. The van der Waals surface area contributed by atoms with Gasteiger partial charge in [0.05, 0.1) is 11.4 Å². The molecular weight excluding hydrogens is 274 g/mol. The molecule has 0 unspecified atom stereocenters. The molecule has 2 aromatic carbocycles. The molecule has 0 aliphatic carbocycles. The number of amides is 1. The first-order chi connectivity index (χ1) is 9.60. The number of benzene rings is 2. The van der Waals surface area contributed by atoms with Crippen LogP contribution in [0.5, 0.6) is 0 Å². The quantitative estimate of drug-likeness (QED) is 0.756. The maximum atomic E-state index is 11.7. The lowest BCUT2D eigenvalue weighted by atomic mass is 10.1. The van der Waals surface area contributed by atoms with Crippen molar-refractivity contribution < 1.29 is 4.79 Å². The van der Waals surface area contributed by atoms with Gasteiger partial charge in [-0.1, -0.05) is 11.6 Å². The van der Waals surface area contributed by atoms with Crippen LogP contribution in [0.2, 0.25) is 5.02 Å². The number of carbonyl (C=O) groups is 1. The summed E-state index contributed by atoms with van der Waals surface area (Å²) in [6.45, 7) is 2.46. The van der Waals surface area contributed by atoms with E-state index in [-0.39, 0.29) is 5.91 Å². The fourth-order valence-corrected chi connectivity index (χ4v) is 1.90. The van der Waals surface area contributed by atoms with Crippen molar-refractivity contribution in [1.82, 2.24) is 5.32 Å². The molecule has 0 heterocycles. The highest BCUT2D eigenvalue weighted by Crippen LogP contribution is 2.25. The van der Waals surface area contributed by atoms with Gasteiger partial charge >= 0.3 is 0 Å². The van der Waals surface area contributed by atoms with E-state index in [2.05, 4.69) is 10.6 Å². The van der Waals surface area contributed by atoms with Gasteiger partial charge < -0.3 is 16.4 Å². The normalized spacial score (nSPS) is 10.1. The van der Waals surface area contributed by atoms with Crippen molar-refractivity contribution in [2.24, 2.45) is 0 Å². The maximum absolute atomic E-state index is 11.7. The van der Waals surface area contributed by atoms with E-state index in [9.17, 15) is 4.79 Å². The Balaban J connectivity index is 2.17. The molecule has 5 heteroatoms. The summed E-state index contributed by atoms with van der Waals surface area (Å²) >= 11 is 5.83. The van der Waals surface area contributed by atoms with Crippen molar-refractivity contribution in [1.29, 1.82) is 0 Å². The van der Waals surface area contributed by atoms with E-state index < -0.39 is 0 Å². The molecule has 0 atom stereocenters. The maximum Gasteiger partial charge on any atom is 0.251 e. The van der Waals surface area contributed by atoms with Crippen LogP contribution in [0.25, 0.3) is 0 Å². The summed E-state index contributed by atoms with van der Waals surface area (Å²) in [6, 6.07) is 12.5. The number of carbonyl (C=O) groups excluding carboxylic acids is 1. The Labute approximate surface area is 122 Å². The predicted octanol–water partition coefficient (Wildman–Crippen LogP) is 3.42. The Morgan fingerprint density at radius 2 is 1.90 bits per heavy atom. The molecule has 0 aromatic heterocycles. The third kappa shape index (κ3) is 3.42. The molecule has 4 N–H and O–H groups in total. The average Bonchev–Trinajstić information content (AvgIpc) is 2.43. The van der Waals surface area contributed by atoms with Crippen molar-refractivity contribution in [2.75, 3.05) is 17.6 Å². The molecule has 104 valence electrons. The molecule has 0 radical (unpaired) electrons. The summed E-state index contributed by atoms with van der Waals surface area (Å²) in [5.74, 6) is -0.128. The Kier molecular flexibility index (Phi) is 4.48. The van der Waals surface area contributed by atoms with Crippen LogP contribution in [0.3, 0.4) is 0 Å². The zero-order valence-electron chi connectivity index (χ0n) is 11.1. The second-order valence-electron chi connectivity index (χ2n) is 4.29. The lowest BCUT2D eigenvalue weighted by Crippen LogP contribution is -2.22. The minimum absolute atomic E-state index is 0.128. The van der Waals surface area contributed by atoms with E-state index >= 15 is 0 Å². The van der Waals surface area contributed by atoms with E-state index in [1.807, 2.05) is 19.1 Å². The third-order valence-electron chi connectivity index (χ3n) is 2.77. The minimum atomic E-state index is -0.128. The van der Waals surface area contributed by atoms with Crippen LogP contribution in [-0.2, 0) is 0 Å². The second kappa shape index (κ2) is 6.30. The minimum Gasteiger partial charge on any atom is -0.397 e. The van der Waals surface area contributed by atoms with E-state index in [1.54, 1.807) is 30.3 Å². The molecule has 4 nitrogen and oxygen atoms in total. The highest BCUT2D eigenvalue weighted by molar-refractivity contribution is 6.30. The summed E-state index contributed by atoms with van der Waals surface area (Å²) in [4.78, 5) is 11.7. The number of nitrogens with one attached hydrogen (secondary N) is 2. The van der Waals surface area contributed by atoms with Crippen molar-refractivity contribution in [3.63, 3.8) is 0 Å². The molecule has 0 fully saturated rings. The van der Waals surface area contributed by atoms with E-state index in [1.165, 1.54) is 0 Å². The number of nitrogen functional groups attached to an aromatic ring is 1. The smallest absolute Gasteiger partial charge is 0.251 e. The highest BCUT2D eigenvalue weighted by atomic mass is 35.5. The zero-order valence-corrected chi connectivity index (χ0v) is 11.9. The second-order valence-corrected chi connectivity index (χ2v) is 4.73. The van der Waals surface area contributed by atoms with Gasteiger partial charge in [-0.25, -0.2) is 0 Å². The summed E-state index contributed by atoms with van der Waals surface area (Å²) in [6.07, 6.45) is 0. The SMILES string of the molecule is CCNC(=O)c1ccc(Nc2ccc(Cl)cc2)c(N)c1. The van der Waals surface area contributed by atoms with Gasteiger partial charge in [-0.15, -0.1) is 0 Å². The van der Waals surface area contributed by atoms with Gasteiger partial charge in [0.2, 0.25) is 0 Å². The molecule has 0 saturated heterocycles. The predicted molar refractivity (Wildman–Crippen MR) is 83.6 cm³/mol. The number of nitrogens with two attached hydrogens (primary N) is 1. The topological polar surface area (TPSA) is 67.2 Å². The van der Waals surface area contributed by atoms with Gasteiger partial charge in [-0.3, -0.25) is 4.79 Å². The Morgan fingerprint density at radius 3 is 2.50 bits per heavy atom. The fourth-order valence-electron chi connectivity index (χ4n) is 1.77. The summed E-state index contributed by atoms with van der Waals surface area (Å²) in [5.41, 5.74) is 8.66. The monoisotopic (exact) mass is 289 g/mol. The van der Waals surface area contributed by atoms with Gasteiger partial charge in [0.1, 0.15) is 0 Å². The number of anilines is 3. The molecular formula is C15H16ClN3O. The van der Waals surface area contributed by atoms with Gasteiger partial charge in [0, 0.05) is 22.8 Å². The molecule has 1 amide bonds. The van der Waals surface area contributed by atoms with Gasteiger partial charge in [0.25, 0.3) is 5.91 Å². The fraction of sp³-hybridized carbons (Fsp3) is 0.133.